The lowest BCUT2D eigenvalue weighted by Gasteiger charge is -2.31. The topological polar surface area (TPSA) is 138 Å². The molecule has 6 rings (SSSR count). The lowest BCUT2D eigenvalue weighted by molar-refractivity contribution is -0.223. The summed E-state index contributed by atoms with van der Waals surface area (Å²) in [6, 6.07) is 20.1. The van der Waals surface area contributed by atoms with Crippen LogP contribution in [0.1, 0.15) is 103 Å². The van der Waals surface area contributed by atoms with Crippen LogP contribution in [0.2, 0.25) is 0 Å². The first-order chi connectivity index (χ1) is 27.2. The zero-order valence-electron chi connectivity index (χ0n) is 34.0. The third kappa shape index (κ3) is 12.2. The first kappa shape index (κ1) is 43.5. The van der Waals surface area contributed by atoms with Crippen molar-refractivity contribution in [2.24, 2.45) is 0 Å². The molecule has 0 aliphatic carbocycles. The number of aliphatic hydroxyl groups is 2. The van der Waals surface area contributed by atoms with E-state index in [1.165, 1.54) is 25.7 Å². The van der Waals surface area contributed by atoms with Crippen LogP contribution in [-0.4, -0.2) is 109 Å². The van der Waals surface area contributed by atoms with Gasteiger partial charge < -0.3 is 58.7 Å². The molecule has 4 N–H and O–H groups in total. The van der Waals surface area contributed by atoms with E-state index in [4.69, 9.17) is 37.9 Å². The van der Waals surface area contributed by atoms with Crippen molar-refractivity contribution in [1.82, 2.24) is 10.6 Å². The number of fused-ring (bicyclic) bond motifs is 2. The summed E-state index contributed by atoms with van der Waals surface area (Å²) in [4.78, 5) is 0. The van der Waals surface area contributed by atoms with Gasteiger partial charge in [0.1, 0.15) is 36.6 Å². The fourth-order valence-electron chi connectivity index (χ4n) is 8.50. The number of unbranched alkanes of at least 4 members (excludes halogenated alkanes) is 7. The lowest BCUT2D eigenvalue weighted by Crippen LogP contribution is -2.49. The zero-order valence-corrected chi connectivity index (χ0v) is 34.0. The van der Waals surface area contributed by atoms with Gasteiger partial charge in [-0.25, -0.2) is 0 Å². The third-order valence-corrected chi connectivity index (χ3v) is 11.2. The van der Waals surface area contributed by atoms with Crippen molar-refractivity contribution >= 4 is 0 Å². The number of aliphatic hydroxyl groups excluding tert-OH is 2. The minimum atomic E-state index is -0.730. The van der Waals surface area contributed by atoms with Crippen LogP contribution in [0.25, 0.3) is 0 Å². The standard InChI is InChI=1S/C44H68N2O10/c1-43(2)53-39-37(49-29-31-19-13-11-14-20-31)35(51-41(39)55-43)33(23-27-47)45-25-17-9-7-5-6-8-10-18-26-46-34(24-28-48)36-38(50-30-32-21-15-12-16-22-32)40-42(52-36)56-44(3,4)54-40/h11-16,19-22,33-42,45-48H,5-10,17-18,23-30H2,1-4H3/t33-,34-,35?,36?,37-,38-,39+,40+,41+,42+/m0/s1. The molecule has 4 fully saturated rings. The van der Waals surface area contributed by atoms with Crippen molar-refractivity contribution in [2.75, 3.05) is 26.3 Å². The van der Waals surface area contributed by atoms with Crippen LogP contribution >= 0.6 is 0 Å². The van der Waals surface area contributed by atoms with Crippen LogP contribution in [0.5, 0.6) is 0 Å². The fraction of sp³-hybridized carbons (Fsp3) is 0.727. The van der Waals surface area contributed by atoms with Crippen LogP contribution < -0.4 is 10.6 Å². The highest BCUT2D eigenvalue weighted by atomic mass is 16.9. The highest BCUT2D eigenvalue weighted by molar-refractivity contribution is 5.15. The van der Waals surface area contributed by atoms with Crippen molar-refractivity contribution in [3.63, 3.8) is 0 Å². The molecule has 4 saturated heterocycles. The SMILES string of the molecule is CC1(C)O[C@H]2OC([C@H](CCO)NCCCCCCCCCCN[C@@H](CCO)C3O[C@@H]4OC(C)(C)O[C@@H]4[C@H]3OCc3ccccc3)[C@H](OCc3ccccc3)[C@H]2O1. The first-order valence-corrected chi connectivity index (χ1v) is 21.2. The normalized spacial score (nSPS) is 30.0. The quantitative estimate of drug-likeness (QED) is 0.0918. The molecule has 4 aliphatic heterocycles. The Kier molecular flexibility index (Phi) is 16.5. The molecule has 4 heterocycles. The number of nitrogens with one attached hydrogen (secondary N) is 2. The van der Waals surface area contributed by atoms with E-state index in [-0.39, 0.29) is 61.9 Å². The van der Waals surface area contributed by atoms with E-state index < -0.39 is 24.2 Å². The Balaban J connectivity index is 0.860. The fourth-order valence-corrected chi connectivity index (χ4v) is 8.50. The molecule has 10 atom stereocenters. The van der Waals surface area contributed by atoms with Gasteiger partial charge in [-0.2, -0.15) is 0 Å². The van der Waals surface area contributed by atoms with E-state index >= 15 is 0 Å². The van der Waals surface area contributed by atoms with Crippen LogP contribution in [0.4, 0.5) is 0 Å². The van der Waals surface area contributed by atoms with Gasteiger partial charge in [-0.3, -0.25) is 0 Å². The number of benzene rings is 2. The zero-order chi connectivity index (χ0) is 39.4. The largest absolute Gasteiger partial charge is 0.396 e. The van der Waals surface area contributed by atoms with Gasteiger partial charge in [0.15, 0.2) is 24.2 Å². The Morgan fingerprint density at radius 3 is 1.30 bits per heavy atom. The second-order valence-electron chi connectivity index (χ2n) is 16.6. The second kappa shape index (κ2) is 21.3. The first-order valence-electron chi connectivity index (χ1n) is 21.2. The molecule has 4 aliphatic rings. The molecule has 314 valence electrons. The Hall–Kier alpha value is -2.04. The summed E-state index contributed by atoms with van der Waals surface area (Å²) in [5.41, 5.74) is 2.18. The Morgan fingerprint density at radius 2 is 0.929 bits per heavy atom. The van der Waals surface area contributed by atoms with Gasteiger partial charge in [-0.15, -0.1) is 0 Å². The van der Waals surface area contributed by atoms with Crippen molar-refractivity contribution in [3.05, 3.63) is 71.8 Å². The van der Waals surface area contributed by atoms with Gasteiger partial charge in [0.05, 0.1) is 13.2 Å². The molecular weight excluding hydrogens is 716 g/mol. The highest BCUT2D eigenvalue weighted by Gasteiger charge is 2.58. The van der Waals surface area contributed by atoms with Crippen molar-refractivity contribution < 1.29 is 48.1 Å². The van der Waals surface area contributed by atoms with Gasteiger partial charge in [0, 0.05) is 25.3 Å². The predicted octanol–water partition coefficient (Wildman–Crippen LogP) is 5.71. The van der Waals surface area contributed by atoms with E-state index in [9.17, 15) is 10.2 Å². The van der Waals surface area contributed by atoms with Crippen LogP contribution in [-0.2, 0) is 51.1 Å². The third-order valence-electron chi connectivity index (χ3n) is 11.2. The Bertz CT molecular complexity index is 1300. The van der Waals surface area contributed by atoms with E-state index in [2.05, 4.69) is 34.9 Å². The molecule has 0 radical (unpaired) electrons. The maximum Gasteiger partial charge on any atom is 0.190 e. The number of ether oxygens (including phenoxy) is 8. The van der Waals surface area contributed by atoms with Gasteiger partial charge in [-0.05, 0) is 77.6 Å². The molecule has 0 aromatic heterocycles. The van der Waals surface area contributed by atoms with Crippen molar-refractivity contribution in [2.45, 2.75) is 178 Å². The molecule has 0 spiro atoms. The molecule has 0 bridgehead atoms. The van der Waals surface area contributed by atoms with Crippen molar-refractivity contribution in [1.29, 1.82) is 0 Å². The molecule has 2 aromatic rings. The predicted molar refractivity (Wildman–Crippen MR) is 211 cm³/mol. The van der Waals surface area contributed by atoms with E-state index in [0.29, 0.717) is 26.1 Å². The Morgan fingerprint density at radius 1 is 0.554 bits per heavy atom. The van der Waals surface area contributed by atoms with Crippen LogP contribution in [0, 0.1) is 0 Å². The summed E-state index contributed by atoms with van der Waals surface area (Å²) in [5, 5.41) is 27.2. The maximum atomic E-state index is 9.93. The average Bonchev–Trinajstić information content (AvgIpc) is 3.87. The molecule has 2 unspecified atom stereocenters. The summed E-state index contributed by atoms with van der Waals surface area (Å²) in [5.74, 6) is -1.46. The van der Waals surface area contributed by atoms with Gasteiger partial charge in [0.25, 0.3) is 0 Å². The molecule has 0 amide bonds. The van der Waals surface area contributed by atoms with E-state index in [1.807, 2.05) is 64.1 Å². The highest BCUT2D eigenvalue weighted by Crippen LogP contribution is 2.42. The Labute approximate surface area is 334 Å². The average molecular weight is 785 g/mol. The minimum Gasteiger partial charge on any atom is -0.396 e. The maximum absolute atomic E-state index is 9.93. The molecule has 0 saturated carbocycles. The summed E-state index contributed by atoms with van der Waals surface area (Å²) >= 11 is 0. The summed E-state index contributed by atoms with van der Waals surface area (Å²) in [6.45, 7) is 10.3. The lowest BCUT2D eigenvalue weighted by atomic mass is 10.00. The number of hydrogen-bond donors (Lipinski definition) is 4. The molecule has 2 aromatic carbocycles. The van der Waals surface area contributed by atoms with Gasteiger partial charge >= 0.3 is 0 Å². The smallest absolute Gasteiger partial charge is 0.190 e. The second-order valence-corrected chi connectivity index (χ2v) is 16.6. The number of hydrogen-bond acceptors (Lipinski definition) is 12. The minimum absolute atomic E-state index is 0.0600. The van der Waals surface area contributed by atoms with E-state index in [0.717, 1.165) is 49.9 Å². The number of rotatable bonds is 25. The molecular formula is C44H68N2O10. The van der Waals surface area contributed by atoms with Gasteiger partial charge in [0.2, 0.25) is 0 Å². The van der Waals surface area contributed by atoms with Crippen LogP contribution in [0.3, 0.4) is 0 Å². The molecule has 56 heavy (non-hydrogen) atoms. The molecule has 12 heteroatoms. The summed E-state index contributed by atoms with van der Waals surface area (Å²) in [6.07, 6.45) is 7.51. The molecule has 12 nitrogen and oxygen atoms in total. The van der Waals surface area contributed by atoms with E-state index in [1.54, 1.807) is 0 Å². The van der Waals surface area contributed by atoms with Gasteiger partial charge in [-0.1, -0.05) is 99.2 Å². The summed E-state index contributed by atoms with van der Waals surface area (Å²) < 4.78 is 50.3. The monoisotopic (exact) mass is 784 g/mol. The summed E-state index contributed by atoms with van der Waals surface area (Å²) in [7, 11) is 0. The van der Waals surface area contributed by atoms with Crippen LogP contribution in [0.15, 0.2) is 60.7 Å². The van der Waals surface area contributed by atoms with Crippen molar-refractivity contribution in [3.8, 4) is 0 Å².